The van der Waals surface area contributed by atoms with E-state index in [0.29, 0.717) is 6.04 Å². The number of hydrogen-bond donors (Lipinski definition) is 1. The maximum atomic E-state index is 5.46. The molecule has 2 rings (SSSR count). The van der Waals surface area contributed by atoms with E-state index < -0.39 is 0 Å². The number of ether oxygens (including phenoxy) is 1. The lowest BCUT2D eigenvalue weighted by Crippen LogP contribution is -2.45. The summed E-state index contributed by atoms with van der Waals surface area (Å²) in [5, 5.41) is 3.75. The van der Waals surface area contributed by atoms with Gasteiger partial charge in [0.1, 0.15) is 0 Å². The van der Waals surface area contributed by atoms with Crippen LogP contribution in [0.1, 0.15) is 46.0 Å². The van der Waals surface area contributed by atoms with Crippen molar-refractivity contribution < 1.29 is 4.74 Å². The monoisotopic (exact) mass is 254 g/mol. The topological polar surface area (TPSA) is 24.5 Å². The highest BCUT2D eigenvalue weighted by Crippen LogP contribution is 2.18. The van der Waals surface area contributed by atoms with Crippen LogP contribution in [-0.2, 0) is 4.74 Å². The van der Waals surface area contributed by atoms with Gasteiger partial charge in [-0.2, -0.15) is 0 Å². The van der Waals surface area contributed by atoms with Crippen LogP contribution in [0.4, 0.5) is 0 Å². The van der Waals surface area contributed by atoms with Gasteiger partial charge in [-0.05, 0) is 58.0 Å². The summed E-state index contributed by atoms with van der Waals surface area (Å²) in [6.45, 7) is 10.4. The van der Waals surface area contributed by atoms with Crippen molar-refractivity contribution in [3.63, 3.8) is 0 Å². The summed E-state index contributed by atoms with van der Waals surface area (Å²) in [7, 11) is 0. The second-order valence-electron chi connectivity index (χ2n) is 6.11. The summed E-state index contributed by atoms with van der Waals surface area (Å²) < 4.78 is 5.46. The fourth-order valence-corrected chi connectivity index (χ4v) is 3.19. The lowest BCUT2D eigenvalue weighted by molar-refractivity contribution is 0.0501. The molecular weight excluding hydrogens is 224 g/mol. The van der Waals surface area contributed by atoms with Gasteiger partial charge in [-0.25, -0.2) is 0 Å². The smallest absolute Gasteiger partial charge is 0.0469 e. The van der Waals surface area contributed by atoms with Crippen molar-refractivity contribution in [1.29, 1.82) is 0 Å². The van der Waals surface area contributed by atoms with Crippen LogP contribution in [0.3, 0.4) is 0 Å². The van der Waals surface area contributed by atoms with Gasteiger partial charge in [0.2, 0.25) is 0 Å². The molecule has 0 amide bonds. The molecule has 2 fully saturated rings. The Bertz CT molecular complexity index is 229. The van der Waals surface area contributed by atoms with E-state index in [0.717, 1.165) is 25.2 Å². The Balaban J connectivity index is 1.79. The van der Waals surface area contributed by atoms with Gasteiger partial charge in [0, 0.05) is 31.8 Å². The van der Waals surface area contributed by atoms with Crippen LogP contribution in [0.15, 0.2) is 0 Å². The summed E-state index contributed by atoms with van der Waals surface area (Å²) >= 11 is 0. The standard InChI is InChI=1S/C15H30N2O/c1-3-15-5-9-17(8-4-13(2)16-15)12-14-6-10-18-11-7-14/h13-16H,3-12H2,1-2H3. The Hall–Kier alpha value is -0.120. The van der Waals surface area contributed by atoms with Crippen LogP contribution in [0.25, 0.3) is 0 Å². The average Bonchev–Trinajstić information content (AvgIpc) is 2.39. The molecule has 0 aliphatic carbocycles. The van der Waals surface area contributed by atoms with Crippen molar-refractivity contribution >= 4 is 0 Å². The van der Waals surface area contributed by atoms with E-state index in [-0.39, 0.29) is 0 Å². The van der Waals surface area contributed by atoms with Crippen LogP contribution in [-0.4, -0.2) is 49.8 Å². The first-order valence-corrected chi connectivity index (χ1v) is 7.84. The Morgan fingerprint density at radius 2 is 1.83 bits per heavy atom. The third-order valence-electron chi connectivity index (χ3n) is 4.54. The third kappa shape index (κ3) is 4.52. The molecule has 18 heavy (non-hydrogen) atoms. The zero-order valence-corrected chi connectivity index (χ0v) is 12.2. The predicted octanol–water partition coefficient (Wildman–Crippen LogP) is 2.27. The van der Waals surface area contributed by atoms with Gasteiger partial charge in [-0.3, -0.25) is 0 Å². The second kappa shape index (κ2) is 7.46. The summed E-state index contributed by atoms with van der Waals surface area (Å²) in [6.07, 6.45) is 6.39. The van der Waals surface area contributed by atoms with Gasteiger partial charge in [0.15, 0.2) is 0 Å². The first kappa shape index (κ1) is 14.3. The van der Waals surface area contributed by atoms with Crippen molar-refractivity contribution in [2.45, 2.75) is 58.0 Å². The molecule has 2 aliphatic rings. The van der Waals surface area contributed by atoms with Crippen molar-refractivity contribution in [2.75, 3.05) is 32.8 Å². The molecule has 3 heteroatoms. The SMILES string of the molecule is CCC1CCN(CC2CCOCC2)CCC(C)N1. The summed E-state index contributed by atoms with van der Waals surface area (Å²) in [4.78, 5) is 2.70. The molecule has 0 aromatic rings. The molecule has 0 radical (unpaired) electrons. The summed E-state index contributed by atoms with van der Waals surface area (Å²) in [6, 6.07) is 1.39. The van der Waals surface area contributed by atoms with E-state index in [1.165, 1.54) is 51.7 Å². The highest BCUT2D eigenvalue weighted by molar-refractivity contribution is 4.78. The van der Waals surface area contributed by atoms with Crippen molar-refractivity contribution in [3.05, 3.63) is 0 Å². The minimum Gasteiger partial charge on any atom is -0.381 e. The van der Waals surface area contributed by atoms with E-state index in [1.807, 2.05) is 0 Å². The van der Waals surface area contributed by atoms with Crippen LogP contribution in [0.2, 0.25) is 0 Å². The van der Waals surface area contributed by atoms with E-state index in [9.17, 15) is 0 Å². The molecule has 2 aliphatic heterocycles. The molecule has 106 valence electrons. The molecule has 0 aromatic carbocycles. The van der Waals surface area contributed by atoms with Crippen LogP contribution >= 0.6 is 0 Å². The van der Waals surface area contributed by atoms with E-state index in [2.05, 4.69) is 24.1 Å². The Morgan fingerprint density at radius 3 is 2.56 bits per heavy atom. The number of rotatable bonds is 3. The minimum absolute atomic E-state index is 0.674. The lowest BCUT2D eigenvalue weighted by atomic mass is 9.98. The Morgan fingerprint density at radius 1 is 1.11 bits per heavy atom. The van der Waals surface area contributed by atoms with Gasteiger partial charge in [-0.15, -0.1) is 0 Å². The third-order valence-corrected chi connectivity index (χ3v) is 4.54. The van der Waals surface area contributed by atoms with Crippen molar-refractivity contribution in [1.82, 2.24) is 10.2 Å². The highest BCUT2D eigenvalue weighted by Gasteiger charge is 2.21. The molecule has 0 aromatic heterocycles. The van der Waals surface area contributed by atoms with Gasteiger partial charge in [0.05, 0.1) is 0 Å². The predicted molar refractivity (Wildman–Crippen MR) is 75.9 cm³/mol. The van der Waals surface area contributed by atoms with Crippen LogP contribution in [0.5, 0.6) is 0 Å². The zero-order chi connectivity index (χ0) is 12.8. The number of nitrogens with zero attached hydrogens (tertiary/aromatic N) is 1. The van der Waals surface area contributed by atoms with Crippen molar-refractivity contribution in [3.8, 4) is 0 Å². The van der Waals surface area contributed by atoms with Crippen LogP contribution in [0, 0.1) is 5.92 Å². The van der Waals surface area contributed by atoms with Gasteiger partial charge >= 0.3 is 0 Å². The Kier molecular flexibility index (Phi) is 5.93. The van der Waals surface area contributed by atoms with Gasteiger partial charge in [0.25, 0.3) is 0 Å². The fraction of sp³-hybridized carbons (Fsp3) is 1.00. The normalized spacial score (nSPS) is 33.0. The van der Waals surface area contributed by atoms with Gasteiger partial charge < -0.3 is 15.0 Å². The highest BCUT2D eigenvalue weighted by atomic mass is 16.5. The number of nitrogens with one attached hydrogen (secondary N) is 1. The molecule has 1 N–H and O–H groups in total. The van der Waals surface area contributed by atoms with Gasteiger partial charge in [-0.1, -0.05) is 6.92 Å². The average molecular weight is 254 g/mol. The molecular formula is C15H30N2O. The van der Waals surface area contributed by atoms with E-state index >= 15 is 0 Å². The molecule has 3 nitrogen and oxygen atoms in total. The first-order valence-electron chi connectivity index (χ1n) is 7.84. The molecule has 0 spiro atoms. The molecule has 2 saturated heterocycles. The van der Waals surface area contributed by atoms with Crippen LogP contribution < -0.4 is 5.32 Å². The second-order valence-corrected chi connectivity index (χ2v) is 6.11. The molecule has 2 heterocycles. The molecule has 0 bridgehead atoms. The quantitative estimate of drug-likeness (QED) is 0.836. The first-order chi connectivity index (χ1) is 8.78. The maximum absolute atomic E-state index is 5.46. The Labute approximate surface area is 112 Å². The molecule has 2 atom stereocenters. The summed E-state index contributed by atoms with van der Waals surface area (Å²) in [5.41, 5.74) is 0. The molecule has 2 unspecified atom stereocenters. The largest absolute Gasteiger partial charge is 0.381 e. The molecule has 0 saturated carbocycles. The fourth-order valence-electron chi connectivity index (χ4n) is 3.19. The summed E-state index contributed by atoms with van der Waals surface area (Å²) in [5.74, 6) is 0.876. The lowest BCUT2D eigenvalue weighted by Gasteiger charge is -2.34. The minimum atomic E-state index is 0.674. The van der Waals surface area contributed by atoms with Crippen molar-refractivity contribution in [2.24, 2.45) is 5.92 Å². The zero-order valence-electron chi connectivity index (χ0n) is 12.2. The van der Waals surface area contributed by atoms with E-state index in [4.69, 9.17) is 4.74 Å². The number of hydrogen-bond acceptors (Lipinski definition) is 3. The van der Waals surface area contributed by atoms with E-state index in [1.54, 1.807) is 0 Å². The maximum Gasteiger partial charge on any atom is 0.0469 e.